The van der Waals surface area contributed by atoms with E-state index in [1.807, 2.05) is 0 Å². The van der Waals surface area contributed by atoms with Crippen molar-refractivity contribution in [2.45, 2.75) is 39.7 Å². The molecule has 0 amide bonds. The Bertz CT molecular complexity index is 257. The first kappa shape index (κ1) is 15.5. The lowest BCUT2D eigenvalue weighted by molar-refractivity contribution is -0.920. The van der Waals surface area contributed by atoms with Crippen molar-refractivity contribution in [3.05, 3.63) is 35.9 Å². The number of benzene rings is 1. The van der Waals surface area contributed by atoms with Gasteiger partial charge in [0.25, 0.3) is 0 Å². The van der Waals surface area contributed by atoms with Crippen LogP contribution < -0.4 is 17.3 Å². The maximum Gasteiger partial charge on any atom is 0.0849 e. The smallest absolute Gasteiger partial charge is 0.0849 e. The molecule has 0 heterocycles. The van der Waals surface area contributed by atoms with Gasteiger partial charge in [0, 0.05) is 6.42 Å². The second-order valence-corrected chi connectivity index (χ2v) is 4.29. The Labute approximate surface area is 106 Å². The Balaban J connectivity index is 0.00000225. The van der Waals surface area contributed by atoms with Crippen molar-refractivity contribution in [3.63, 3.8) is 0 Å². The van der Waals surface area contributed by atoms with Crippen molar-refractivity contribution in [1.29, 1.82) is 0 Å². The largest absolute Gasteiger partial charge is 1.00 e. The Morgan fingerprint density at radius 3 is 2.12 bits per heavy atom. The van der Waals surface area contributed by atoms with E-state index in [0.29, 0.717) is 0 Å². The van der Waals surface area contributed by atoms with Crippen LogP contribution in [0, 0.1) is 0 Å². The lowest BCUT2D eigenvalue weighted by atomic mass is 10.1. The topological polar surface area (TPSA) is 4.44 Å². The molecule has 0 saturated heterocycles. The number of rotatable bonds is 6. The molecule has 0 bridgehead atoms. The molecule has 0 aliphatic carbocycles. The minimum Gasteiger partial charge on any atom is -1.00 e. The molecule has 0 aliphatic heterocycles. The number of aryl methyl sites for hydroxylation is 1. The highest BCUT2D eigenvalue weighted by Crippen LogP contribution is 2.03. The number of quaternary nitrogens is 1. The van der Waals surface area contributed by atoms with Gasteiger partial charge in [-0.1, -0.05) is 30.3 Å². The van der Waals surface area contributed by atoms with Crippen molar-refractivity contribution in [1.82, 2.24) is 0 Å². The lowest BCUT2D eigenvalue weighted by Gasteiger charge is -2.23. The predicted molar refractivity (Wildman–Crippen MR) is 66.3 cm³/mol. The third kappa shape index (κ3) is 5.00. The molecule has 1 atom stereocenters. The summed E-state index contributed by atoms with van der Waals surface area (Å²) in [5, 5.41) is 0. The lowest BCUT2D eigenvalue weighted by Crippen LogP contribution is -3.14. The Morgan fingerprint density at radius 2 is 1.62 bits per heavy atom. The first-order chi connectivity index (χ1) is 7.27. The van der Waals surface area contributed by atoms with Crippen LogP contribution in [-0.2, 0) is 6.42 Å². The van der Waals surface area contributed by atoms with Gasteiger partial charge in [-0.05, 0) is 32.8 Å². The molecule has 0 fully saturated rings. The van der Waals surface area contributed by atoms with Crippen LogP contribution in [0.5, 0.6) is 0 Å². The van der Waals surface area contributed by atoms with Gasteiger partial charge in [-0.2, -0.15) is 0 Å². The van der Waals surface area contributed by atoms with E-state index in [1.165, 1.54) is 31.5 Å². The minimum absolute atomic E-state index is 0. The molecule has 1 aromatic rings. The molecule has 1 unspecified atom stereocenters. The van der Waals surface area contributed by atoms with E-state index in [-0.39, 0.29) is 12.4 Å². The zero-order valence-electron chi connectivity index (χ0n) is 10.7. The first-order valence-electron chi connectivity index (χ1n) is 6.16. The van der Waals surface area contributed by atoms with E-state index in [0.717, 1.165) is 6.04 Å². The molecule has 1 aromatic carbocycles. The Kier molecular flexibility index (Phi) is 8.32. The second kappa shape index (κ2) is 8.60. The molecular formula is C14H24ClN. The summed E-state index contributed by atoms with van der Waals surface area (Å²) in [5.41, 5.74) is 1.47. The quantitative estimate of drug-likeness (QED) is 0.648. The monoisotopic (exact) mass is 241 g/mol. The van der Waals surface area contributed by atoms with Gasteiger partial charge in [0.1, 0.15) is 0 Å². The SMILES string of the molecule is CC[NH+](CC)C(C)CCc1ccccc1.[Cl-]. The van der Waals surface area contributed by atoms with Crippen LogP contribution in [0.4, 0.5) is 0 Å². The number of hydrogen-bond acceptors (Lipinski definition) is 0. The van der Waals surface area contributed by atoms with E-state index < -0.39 is 0 Å². The normalized spacial score (nSPS) is 12.2. The van der Waals surface area contributed by atoms with Crippen LogP contribution in [0.25, 0.3) is 0 Å². The fourth-order valence-corrected chi connectivity index (χ4v) is 2.18. The van der Waals surface area contributed by atoms with Crippen molar-refractivity contribution >= 4 is 0 Å². The number of nitrogens with one attached hydrogen (secondary N) is 1. The van der Waals surface area contributed by atoms with Crippen molar-refractivity contribution in [2.75, 3.05) is 13.1 Å². The van der Waals surface area contributed by atoms with Gasteiger partial charge < -0.3 is 17.3 Å². The standard InChI is InChI=1S/C14H23N.ClH/c1-4-15(5-2)13(3)11-12-14-9-7-6-8-10-14;/h6-10,13H,4-5,11-12H2,1-3H3;1H. The summed E-state index contributed by atoms with van der Waals surface area (Å²) in [6.45, 7) is 9.40. The summed E-state index contributed by atoms with van der Waals surface area (Å²) < 4.78 is 0. The molecule has 0 aromatic heterocycles. The van der Waals surface area contributed by atoms with E-state index >= 15 is 0 Å². The van der Waals surface area contributed by atoms with Gasteiger partial charge >= 0.3 is 0 Å². The predicted octanol–water partition coefficient (Wildman–Crippen LogP) is -1.06. The van der Waals surface area contributed by atoms with Crippen LogP contribution in [-0.4, -0.2) is 19.1 Å². The molecule has 0 radical (unpaired) electrons. The molecule has 1 N–H and O–H groups in total. The maximum absolute atomic E-state index is 2.37. The van der Waals surface area contributed by atoms with E-state index in [9.17, 15) is 0 Å². The van der Waals surface area contributed by atoms with Gasteiger partial charge in [-0.3, -0.25) is 0 Å². The fourth-order valence-electron chi connectivity index (χ4n) is 2.18. The molecule has 0 spiro atoms. The molecule has 16 heavy (non-hydrogen) atoms. The van der Waals surface area contributed by atoms with E-state index in [2.05, 4.69) is 51.1 Å². The summed E-state index contributed by atoms with van der Waals surface area (Å²) in [6, 6.07) is 11.6. The summed E-state index contributed by atoms with van der Waals surface area (Å²) >= 11 is 0. The highest BCUT2D eigenvalue weighted by molar-refractivity contribution is 5.14. The van der Waals surface area contributed by atoms with Crippen LogP contribution in [0.15, 0.2) is 30.3 Å². The average Bonchev–Trinajstić information content (AvgIpc) is 2.29. The van der Waals surface area contributed by atoms with Crippen LogP contribution in [0.1, 0.15) is 32.8 Å². The van der Waals surface area contributed by atoms with Gasteiger partial charge in [-0.15, -0.1) is 0 Å². The highest BCUT2D eigenvalue weighted by atomic mass is 35.5. The summed E-state index contributed by atoms with van der Waals surface area (Å²) in [5.74, 6) is 0. The van der Waals surface area contributed by atoms with Gasteiger partial charge in [-0.25, -0.2) is 0 Å². The average molecular weight is 242 g/mol. The van der Waals surface area contributed by atoms with E-state index in [4.69, 9.17) is 0 Å². The third-order valence-corrected chi connectivity index (χ3v) is 3.31. The molecule has 2 heteroatoms. The van der Waals surface area contributed by atoms with Crippen LogP contribution in [0.3, 0.4) is 0 Å². The van der Waals surface area contributed by atoms with Gasteiger partial charge in [0.15, 0.2) is 0 Å². The van der Waals surface area contributed by atoms with Crippen molar-refractivity contribution in [2.24, 2.45) is 0 Å². The van der Waals surface area contributed by atoms with Crippen molar-refractivity contribution in [3.8, 4) is 0 Å². The van der Waals surface area contributed by atoms with Crippen LogP contribution in [0.2, 0.25) is 0 Å². The van der Waals surface area contributed by atoms with E-state index in [1.54, 1.807) is 4.90 Å². The summed E-state index contributed by atoms with van der Waals surface area (Å²) in [7, 11) is 0. The maximum atomic E-state index is 2.37. The van der Waals surface area contributed by atoms with Gasteiger partial charge in [0.05, 0.1) is 19.1 Å². The zero-order chi connectivity index (χ0) is 11.1. The van der Waals surface area contributed by atoms with Crippen LogP contribution >= 0.6 is 0 Å². The van der Waals surface area contributed by atoms with Crippen molar-refractivity contribution < 1.29 is 17.3 Å². The fraction of sp³-hybridized carbons (Fsp3) is 0.571. The molecule has 0 aliphatic rings. The molecule has 0 saturated carbocycles. The molecular weight excluding hydrogens is 218 g/mol. The van der Waals surface area contributed by atoms with Gasteiger partial charge in [0.2, 0.25) is 0 Å². The Morgan fingerprint density at radius 1 is 1.06 bits per heavy atom. The summed E-state index contributed by atoms with van der Waals surface area (Å²) in [4.78, 5) is 1.71. The second-order valence-electron chi connectivity index (χ2n) is 4.29. The molecule has 92 valence electrons. The molecule has 1 rings (SSSR count). The first-order valence-corrected chi connectivity index (χ1v) is 6.16. The summed E-state index contributed by atoms with van der Waals surface area (Å²) in [6.07, 6.45) is 2.51. The molecule has 1 nitrogen and oxygen atoms in total. The number of halogens is 1. The Hall–Kier alpha value is -0.530. The highest BCUT2D eigenvalue weighted by Gasteiger charge is 2.12. The minimum atomic E-state index is 0. The third-order valence-electron chi connectivity index (χ3n) is 3.31. The number of hydrogen-bond donors (Lipinski definition) is 1. The zero-order valence-corrected chi connectivity index (χ0v) is 11.4.